The van der Waals surface area contributed by atoms with Crippen LogP contribution in [0.4, 0.5) is 11.4 Å². The molecule has 0 unspecified atom stereocenters. The number of nitrogens with zero attached hydrogens (tertiary/aromatic N) is 2. The SMILES string of the molecule is CCCN(CCC(=O)O)c1ccc(Cl)c([N+](=O)[O-])c1. The second kappa shape index (κ2) is 6.94. The molecule has 0 heterocycles. The predicted molar refractivity (Wildman–Crippen MR) is 72.9 cm³/mol. The lowest BCUT2D eigenvalue weighted by Gasteiger charge is -2.23. The molecule has 0 saturated carbocycles. The lowest BCUT2D eigenvalue weighted by molar-refractivity contribution is -0.384. The third kappa shape index (κ3) is 4.40. The summed E-state index contributed by atoms with van der Waals surface area (Å²) < 4.78 is 0. The zero-order valence-corrected chi connectivity index (χ0v) is 11.3. The Balaban J connectivity index is 2.98. The first-order chi connectivity index (χ1) is 8.95. The summed E-state index contributed by atoms with van der Waals surface area (Å²) in [6.07, 6.45) is 0.798. The third-order valence-electron chi connectivity index (χ3n) is 2.58. The zero-order chi connectivity index (χ0) is 14.4. The fourth-order valence-electron chi connectivity index (χ4n) is 1.71. The van der Waals surface area contributed by atoms with Gasteiger partial charge in [-0.25, -0.2) is 0 Å². The fourth-order valence-corrected chi connectivity index (χ4v) is 1.89. The van der Waals surface area contributed by atoms with E-state index in [-0.39, 0.29) is 17.1 Å². The van der Waals surface area contributed by atoms with Crippen LogP contribution in [0.1, 0.15) is 19.8 Å². The first-order valence-corrected chi connectivity index (χ1v) is 6.24. The van der Waals surface area contributed by atoms with Crippen LogP contribution in [-0.4, -0.2) is 29.1 Å². The molecular formula is C12H15ClN2O4. The second-order valence-electron chi connectivity index (χ2n) is 4.02. The van der Waals surface area contributed by atoms with Gasteiger partial charge < -0.3 is 10.0 Å². The first kappa shape index (κ1) is 15.2. The van der Waals surface area contributed by atoms with Gasteiger partial charge in [0, 0.05) is 24.8 Å². The van der Waals surface area contributed by atoms with E-state index in [4.69, 9.17) is 16.7 Å². The number of halogens is 1. The molecule has 0 spiro atoms. The van der Waals surface area contributed by atoms with Crippen LogP contribution in [0, 0.1) is 10.1 Å². The Kier molecular flexibility index (Phi) is 5.57. The highest BCUT2D eigenvalue weighted by Crippen LogP contribution is 2.29. The number of hydrogen-bond donors (Lipinski definition) is 1. The smallest absolute Gasteiger partial charge is 0.305 e. The van der Waals surface area contributed by atoms with E-state index in [0.717, 1.165) is 6.42 Å². The van der Waals surface area contributed by atoms with Gasteiger partial charge in [0.25, 0.3) is 5.69 Å². The van der Waals surface area contributed by atoms with Gasteiger partial charge in [0.15, 0.2) is 0 Å². The average molecular weight is 287 g/mol. The molecule has 104 valence electrons. The maximum Gasteiger partial charge on any atom is 0.305 e. The number of aliphatic carboxylic acids is 1. The predicted octanol–water partition coefficient (Wildman–Crippen LogP) is 2.94. The summed E-state index contributed by atoms with van der Waals surface area (Å²) in [6, 6.07) is 4.49. The Morgan fingerprint density at radius 2 is 2.16 bits per heavy atom. The molecule has 1 N–H and O–H groups in total. The highest BCUT2D eigenvalue weighted by atomic mass is 35.5. The van der Waals surface area contributed by atoms with Gasteiger partial charge in [0.2, 0.25) is 0 Å². The van der Waals surface area contributed by atoms with E-state index in [1.807, 2.05) is 6.92 Å². The summed E-state index contributed by atoms with van der Waals surface area (Å²) in [4.78, 5) is 22.7. The molecule has 1 rings (SSSR count). The van der Waals surface area contributed by atoms with Crippen molar-refractivity contribution >= 4 is 28.9 Å². The number of carboxylic acids is 1. The molecule has 0 atom stereocenters. The van der Waals surface area contributed by atoms with Gasteiger partial charge >= 0.3 is 5.97 Å². The minimum atomic E-state index is -0.899. The maximum absolute atomic E-state index is 10.8. The molecule has 0 amide bonds. The van der Waals surface area contributed by atoms with Crippen LogP contribution in [0.25, 0.3) is 0 Å². The summed E-state index contributed by atoms with van der Waals surface area (Å²) in [5, 5.41) is 19.6. The van der Waals surface area contributed by atoms with Crippen LogP contribution in [0.3, 0.4) is 0 Å². The fraction of sp³-hybridized carbons (Fsp3) is 0.417. The highest BCUT2D eigenvalue weighted by Gasteiger charge is 2.16. The van der Waals surface area contributed by atoms with Gasteiger partial charge in [-0.3, -0.25) is 14.9 Å². The van der Waals surface area contributed by atoms with Crippen molar-refractivity contribution in [2.75, 3.05) is 18.0 Å². The van der Waals surface area contributed by atoms with E-state index in [1.54, 1.807) is 11.0 Å². The number of rotatable bonds is 7. The Morgan fingerprint density at radius 1 is 1.47 bits per heavy atom. The minimum absolute atomic E-state index is 0.0174. The first-order valence-electron chi connectivity index (χ1n) is 5.86. The Bertz CT molecular complexity index is 479. The van der Waals surface area contributed by atoms with Crippen molar-refractivity contribution in [3.63, 3.8) is 0 Å². The standard InChI is InChI=1S/C12H15ClN2O4/c1-2-6-14(7-5-12(16)17)9-3-4-10(13)11(8-9)15(18)19/h3-4,8H,2,5-7H2,1H3,(H,16,17). The molecular weight excluding hydrogens is 272 g/mol. The molecule has 0 aliphatic rings. The molecule has 0 aromatic heterocycles. The van der Waals surface area contributed by atoms with Gasteiger partial charge in [-0.2, -0.15) is 0 Å². The molecule has 0 fully saturated rings. The summed E-state index contributed by atoms with van der Waals surface area (Å²) >= 11 is 5.75. The molecule has 0 saturated heterocycles. The topological polar surface area (TPSA) is 83.7 Å². The van der Waals surface area contributed by atoms with Crippen LogP contribution in [-0.2, 0) is 4.79 Å². The number of nitro groups is 1. The molecule has 1 aromatic carbocycles. The summed E-state index contributed by atoms with van der Waals surface area (Å²) in [5.74, 6) is -0.899. The lowest BCUT2D eigenvalue weighted by Crippen LogP contribution is -2.27. The average Bonchev–Trinajstić information content (AvgIpc) is 2.34. The van der Waals surface area contributed by atoms with Crippen molar-refractivity contribution in [1.29, 1.82) is 0 Å². The summed E-state index contributed by atoms with van der Waals surface area (Å²) in [5.41, 5.74) is 0.440. The van der Waals surface area contributed by atoms with Crippen molar-refractivity contribution < 1.29 is 14.8 Å². The van der Waals surface area contributed by atoms with E-state index in [1.165, 1.54) is 12.1 Å². The lowest BCUT2D eigenvalue weighted by atomic mass is 10.2. The van der Waals surface area contributed by atoms with Crippen LogP contribution in [0.5, 0.6) is 0 Å². The van der Waals surface area contributed by atoms with Crippen LogP contribution in [0.2, 0.25) is 5.02 Å². The van der Waals surface area contributed by atoms with Crippen molar-refractivity contribution in [3.8, 4) is 0 Å². The number of carbonyl (C=O) groups is 1. The molecule has 6 nitrogen and oxygen atoms in total. The van der Waals surface area contributed by atoms with E-state index in [9.17, 15) is 14.9 Å². The largest absolute Gasteiger partial charge is 0.481 e. The van der Waals surface area contributed by atoms with Crippen LogP contribution < -0.4 is 4.90 Å². The monoisotopic (exact) mass is 286 g/mol. The second-order valence-corrected chi connectivity index (χ2v) is 4.43. The number of nitro benzene ring substituents is 1. The molecule has 1 aromatic rings. The molecule has 0 bridgehead atoms. The third-order valence-corrected chi connectivity index (χ3v) is 2.90. The van der Waals surface area contributed by atoms with E-state index in [2.05, 4.69) is 0 Å². The van der Waals surface area contributed by atoms with Gasteiger partial charge in [-0.05, 0) is 18.6 Å². The van der Waals surface area contributed by atoms with Crippen molar-refractivity contribution in [1.82, 2.24) is 0 Å². The molecule has 19 heavy (non-hydrogen) atoms. The van der Waals surface area contributed by atoms with Gasteiger partial charge in [-0.1, -0.05) is 18.5 Å². The maximum atomic E-state index is 10.8. The number of anilines is 1. The van der Waals surface area contributed by atoms with Gasteiger partial charge in [-0.15, -0.1) is 0 Å². The van der Waals surface area contributed by atoms with E-state index < -0.39 is 10.9 Å². The number of hydrogen-bond acceptors (Lipinski definition) is 4. The van der Waals surface area contributed by atoms with Crippen molar-refractivity contribution in [2.45, 2.75) is 19.8 Å². The number of carboxylic acid groups (broad SMARTS) is 1. The molecule has 0 aliphatic heterocycles. The summed E-state index contributed by atoms with van der Waals surface area (Å²) in [7, 11) is 0. The Labute approximate surface area is 115 Å². The molecule has 0 aliphatic carbocycles. The molecule has 7 heteroatoms. The Hall–Kier alpha value is -1.82. The quantitative estimate of drug-likeness (QED) is 0.615. The van der Waals surface area contributed by atoms with Gasteiger partial charge in [0.05, 0.1) is 11.3 Å². The minimum Gasteiger partial charge on any atom is -0.481 e. The normalized spacial score (nSPS) is 10.2. The van der Waals surface area contributed by atoms with Crippen molar-refractivity contribution in [2.24, 2.45) is 0 Å². The van der Waals surface area contributed by atoms with Crippen molar-refractivity contribution in [3.05, 3.63) is 33.3 Å². The summed E-state index contributed by atoms with van der Waals surface area (Å²) in [6.45, 7) is 2.89. The van der Waals surface area contributed by atoms with Crippen LogP contribution >= 0.6 is 11.6 Å². The number of benzene rings is 1. The molecule has 0 radical (unpaired) electrons. The highest BCUT2D eigenvalue weighted by molar-refractivity contribution is 6.32. The zero-order valence-electron chi connectivity index (χ0n) is 10.5. The van der Waals surface area contributed by atoms with E-state index >= 15 is 0 Å². The van der Waals surface area contributed by atoms with Gasteiger partial charge in [0.1, 0.15) is 5.02 Å². The van der Waals surface area contributed by atoms with E-state index in [0.29, 0.717) is 18.8 Å². The Morgan fingerprint density at radius 3 is 2.68 bits per heavy atom. The van der Waals surface area contributed by atoms with Crippen LogP contribution in [0.15, 0.2) is 18.2 Å².